The van der Waals surface area contributed by atoms with Crippen LogP contribution < -0.4 is 4.74 Å². The lowest BCUT2D eigenvalue weighted by Gasteiger charge is -2.09. The molecule has 4 aromatic rings. The highest BCUT2D eigenvalue weighted by molar-refractivity contribution is 6.06. The zero-order valence-corrected chi connectivity index (χ0v) is 14.9. The fraction of sp³-hybridized carbons (Fsp3) is 0.0909. The zero-order chi connectivity index (χ0) is 19.0. The minimum Gasteiger partial charge on any atom is -0.465 e. The molecule has 5 nitrogen and oxygen atoms in total. The summed E-state index contributed by atoms with van der Waals surface area (Å²) in [5.74, 6) is -0.851. The van der Waals surface area contributed by atoms with E-state index in [-0.39, 0.29) is 11.3 Å². The average Bonchev–Trinajstić information content (AvgIpc) is 3.01. The Labute approximate surface area is 155 Å². The molecule has 0 aliphatic heterocycles. The molecule has 0 radical (unpaired) electrons. The van der Waals surface area contributed by atoms with Crippen LogP contribution in [0.4, 0.5) is 0 Å². The summed E-state index contributed by atoms with van der Waals surface area (Å²) in [5.41, 5.74) is 3.22. The highest BCUT2D eigenvalue weighted by Gasteiger charge is 2.28. The first kappa shape index (κ1) is 16.8. The van der Waals surface area contributed by atoms with Gasteiger partial charge < -0.3 is 13.9 Å². The Balaban J connectivity index is 2.24. The van der Waals surface area contributed by atoms with Crippen LogP contribution in [0.25, 0.3) is 27.7 Å². The minimum atomic E-state index is -0.554. The van der Waals surface area contributed by atoms with E-state index in [0.717, 1.165) is 16.5 Å². The van der Waals surface area contributed by atoms with Crippen molar-refractivity contribution in [1.82, 2.24) is 4.40 Å². The Hall–Kier alpha value is -3.60. The van der Waals surface area contributed by atoms with Crippen LogP contribution >= 0.6 is 0 Å². The van der Waals surface area contributed by atoms with Crippen molar-refractivity contribution in [2.45, 2.75) is 6.92 Å². The number of hydrogen-bond acceptors (Lipinski definition) is 4. The summed E-state index contributed by atoms with van der Waals surface area (Å²) in [7, 11) is 1.31. The zero-order valence-electron chi connectivity index (χ0n) is 14.9. The second-order valence-electron chi connectivity index (χ2n) is 6.12. The Morgan fingerprint density at radius 3 is 2.26 bits per heavy atom. The van der Waals surface area contributed by atoms with Crippen LogP contribution in [0.1, 0.15) is 17.3 Å². The van der Waals surface area contributed by atoms with Crippen LogP contribution in [0, 0.1) is 0 Å². The van der Waals surface area contributed by atoms with E-state index in [1.165, 1.54) is 14.0 Å². The predicted octanol–water partition coefficient (Wildman–Crippen LogP) is 4.47. The molecule has 27 heavy (non-hydrogen) atoms. The first-order valence-electron chi connectivity index (χ1n) is 8.50. The first-order chi connectivity index (χ1) is 13.1. The van der Waals surface area contributed by atoms with Crippen molar-refractivity contribution in [3.63, 3.8) is 0 Å². The fourth-order valence-electron chi connectivity index (χ4n) is 3.38. The molecular weight excluding hydrogens is 342 g/mol. The van der Waals surface area contributed by atoms with Gasteiger partial charge in [0.1, 0.15) is 5.56 Å². The van der Waals surface area contributed by atoms with Crippen LogP contribution in [0.3, 0.4) is 0 Å². The summed E-state index contributed by atoms with van der Waals surface area (Å²) in [6.07, 6.45) is 0. The molecule has 134 valence electrons. The lowest BCUT2D eigenvalue weighted by molar-refractivity contribution is -0.131. The maximum Gasteiger partial charge on any atom is 0.343 e. The largest absolute Gasteiger partial charge is 0.465 e. The molecule has 0 saturated heterocycles. The van der Waals surface area contributed by atoms with E-state index in [4.69, 9.17) is 9.47 Å². The van der Waals surface area contributed by atoms with E-state index in [0.29, 0.717) is 11.2 Å². The second-order valence-corrected chi connectivity index (χ2v) is 6.12. The van der Waals surface area contributed by atoms with Gasteiger partial charge in [-0.15, -0.1) is 0 Å². The Morgan fingerprint density at radius 1 is 0.852 bits per heavy atom. The van der Waals surface area contributed by atoms with E-state index < -0.39 is 11.9 Å². The number of fused-ring (bicyclic) bond motifs is 3. The molecule has 2 heterocycles. The number of esters is 2. The Kier molecular flexibility index (Phi) is 4.12. The van der Waals surface area contributed by atoms with Crippen LogP contribution in [-0.2, 0) is 9.53 Å². The molecule has 0 aliphatic rings. The van der Waals surface area contributed by atoms with Crippen LogP contribution in [0.5, 0.6) is 5.75 Å². The number of rotatable bonds is 3. The molecule has 0 fully saturated rings. The van der Waals surface area contributed by atoms with Crippen molar-refractivity contribution in [2.24, 2.45) is 0 Å². The number of carbonyl (C=O) groups excluding carboxylic acids is 2. The maximum atomic E-state index is 12.6. The van der Waals surface area contributed by atoms with Gasteiger partial charge in [0, 0.05) is 12.5 Å². The molecular formula is C22H17NO4. The summed E-state index contributed by atoms with van der Waals surface area (Å²) in [5, 5.41) is 1.00. The van der Waals surface area contributed by atoms with Crippen LogP contribution in [0.15, 0.2) is 66.7 Å². The van der Waals surface area contributed by atoms with Crippen molar-refractivity contribution in [3.8, 4) is 17.0 Å². The number of pyridine rings is 1. The van der Waals surface area contributed by atoms with Gasteiger partial charge in [-0.05, 0) is 17.5 Å². The summed E-state index contributed by atoms with van der Waals surface area (Å²) in [6, 6.07) is 21.1. The van der Waals surface area contributed by atoms with Gasteiger partial charge in [0.05, 0.1) is 23.8 Å². The summed E-state index contributed by atoms with van der Waals surface area (Å²) in [6.45, 7) is 1.32. The van der Waals surface area contributed by atoms with E-state index in [1.54, 1.807) is 0 Å². The maximum absolute atomic E-state index is 12.6. The van der Waals surface area contributed by atoms with E-state index in [2.05, 4.69) is 0 Å². The quantitative estimate of drug-likeness (QED) is 0.506. The number of aromatic nitrogens is 1. The Bertz CT molecular complexity index is 1180. The average molecular weight is 359 g/mol. The van der Waals surface area contributed by atoms with Crippen LogP contribution in [0.2, 0.25) is 0 Å². The molecule has 4 rings (SSSR count). The molecule has 0 atom stereocenters. The Morgan fingerprint density at radius 2 is 1.56 bits per heavy atom. The van der Waals surface area contributed by atoms with Crippen molar-refractivity contribution >= 4 is 28.4 Å². The van der Waals surface area contributed by atoms with Gasteiger partial charge in [0.15, 0.2) is 5.75 Å². The van der Waals surface area contributed by atoms with E-state index >= 15 is 0 Å². The second kappa shape index (κ2) is 6.61. The number of carbonyl (C=O) groups is 2. The molecule has 2 aromatic carbocycles. The van der Waals surface area contributed by atoms with Crippen molar-refractivity contribution in [1.29, 1.82) is 0 Å². The molecule has 0 saturated carbocycles. The van der Waals surface area contributed by atoms with Gasteiger partial charge in [-0.2, -0.15) is 0 Å². The predicted molar refractivity (Wildman–Crippen MR) is 103 cm³/mol. The molecule has 0 unspecified atom stereocenters. The topological polar surface area (TPSA) is 57.0 Å². The van der Waals surface area contributed by atoms with E-state index in [9.17, 15) is 9.59 Å². The smallest absolute Gasteiger partial charge is 0.343 e. The highest BCUT2D eigenvalue weighted by atomic mass is 16.5. The monoisotopic (exact) mass is 359 g/mol. The third-order valence-electron chi connectivity index (χ3n) is 4.44. The summed E-state index contributed by atoms with van der Waals surface area (Å²) in [4.78, 5) is 24.4. The van der Waals surface area contributed by atoms with E-state index in [1.807, 2.05) is 71.1 Å². The SMILES string of the molecule is COC(=O)c1c(OC(C)=O)c(-c2ccccc2)n2c1ccc1ccccc12. The molecule has 0 bridgehead atoms. The lowest BCUT2D eigenvalue weighted by atomic mass is 10.1. The third kappa shape index (κ3) is 2.73. The molecule has 5 heteroatoms. The standard InChI is InChI=1S/C22H17NO4/c1-14(24)27-21-19(22(25)26-2)18-13-12-15-8-6-7-11-17(15)23(18)20(21)16-9-4-3-5-10-16/h3-13H,1-2H3. The number of para-hydroxylation sites is 1. The normalized spacial score (nSPS) is 10.9. The highest BCUT2D eigenvalue weighted by Crippen LogP contribution is 2.41. The summed E-state index contributed by atoms with van der Waals surface area (Å²) >= 11 is 0. The lowest BCUT2D eigenvalue weighted by Crippen LogP contribution is -2.08. The van der Waals surface area contributed by atoms with Gasteiger partial charge >= 0.3 is 11.9 Å². The van der Waals surface area contributed by atoms with Crippen molar-refractivity contribution in [2.75, 3.05) is 7.11 Å². The molecule has 0 spiro atoms. The number of hydrogen-bond donors (Lipinski definition) is 0. The number of ether oxygens (including phenoxy) is 2. The first-order valence-corrected chi connectivity index (χ1v) is 8.50. The van der Waals surface area contributed by atoms with Gasteiger partial charge in [-0.1, -0.05) is 54.6 Å². The number of benzene rings is 2. The fourth-order valence-corrected chi connectivity index (χ4v) is 3.38. The third-order valence-corrected chi connectivity index (χ3v) is 4.44. The molecule has 0 amide bonds. The van der Waals surface area contributed by atoms with Gasteiger partial charge in [0.2, 0.25) is 0 Å². The number of nitrogens with zero attached hydrogens (tertiary/aromatic N) is 1. The number of methoxy groups -OCH3 is 1. The summed E-state index contributed by atoms with van der Waals surface area (Å²) < 4.78 is 12.5. The van der Waals surface area contributed by atoms with Crippen molar-refractivity contribution in [3.05, 3.63) is 72.3 Å². The van der Waals surface area contributed by atoms with Gasteiger partial charge in [-0.3, -0.25) is 4.79 Å². The molecule has 2 aromatic heterocycles. The minimum absolute atomic E-state index is 0.205. The van der Waals surface area contributed by atoms with Crippen LogP contribution in [-0.4, -0.2) is 23.4 Å². The molecule has 0 aliphatic carbocycles. The van der Waals surface area contributed by atoms with Gasteiger partial charge in [-0.25, -0.2) is 4.79 Å². The van der Waals surface area contributed by atoms with Crippen molar-refractivity contribution < 1.29 is 19.1 Å². The van der Waals surface area contributed by atoms with Gasteiger partial charge in [0.25, 0.3) is 0 Å². The molecule has 0 N–H and O–H groups in total.